The van der Waals surface area contributed by atoms with E-state index in [0.29, 0.717) is 36.8 Å². The summed E-state index contributed by atoms with van der Waals surface area (Å²) < 4.78 is 0. The van der Waals surface area contributed by atoms with Crippen molar-refractivity contribution in [3.63, 3.8) is 0 Å². The normalized spacial score (nSPS) is 26.7. The molecular weight excluding hydrogens is 342 g/mol. The molecule has 1 aliphatic rings. The second-order valence-electron chi connectivity index (χ2n) is 9.30. The van der Waals surface area contributed by atoms with Crippen LogP contribution in [0.5, 0.6) is 0 Å². The largest absolute Gasteiger partial charge is 0.399 e. The Hall–Kier alpha value is -1.23. The van der Waals surface area contributed by atoms with Gasteiger partial charge in [0.2, 0.25) is 0 Å². The highest BCUT2D eigenvalue weighted by Gasteiger charge is 2.59. The zero-order chi connectivity index (χ0) is 20.8. The summed E-state index contributed by atoms with van der Waals surface area (Å²) in [7, 11) is 1.43. The summed E-state index contributed by atoms with van der Waals surface area (Å²) in [6.07, 6.45) is 3.87. The molecule has 1 saturated carbocycles. The van der Waals surface area contributed by atoms with Gasteiger partial charge in [0.25, 0.3) is 0 Å². The molecule has 1 rings (SSSR count). The molecular formula is C22H39NO4. The molecule has 0 aromatic rings. The Labute approximate surface area is 164 Å². The van der Waals surface area contributed by atoms with E-state index in [1.54, 1.807) is 0 Å². The summed E-state index contributed by atoms with van der Waals surface area (Å²) in [5, 5.41) is 15.4. The predicted octanol–water partition coefficient (Wildman–Crippen LogP) is 4.41. The summed E-state index contributed by atoms with van der Waals surface area (Å²) in [5.41, 5.74) is -1.12. The van der Waals surface area contributed by atoms with Crippen molar-refractivity contribution >= 4 is 17.3 Å². The standard InChI is InChI=1S/C22H39NO4/c1-14(2)9-8-12-22(26)17(11-10-15(3)4)20(24)19(21(22)25)18(23-27-7)13-16(5)6/h14-17,19,26H,8-13H2,1-7H3. The zero-order valence-electron chi connectivity index (χ0n) is 18.2. The lowest BCUT2D eigenvalue weighted by molar-refractivity contribution is -0.140. The number of oxime groups is 1. The average molecular weight is 382 g/mol. The first-order chi connectivity index (χ1) is 12.5. The molecule has 0 bridgehead atoms. The highest BCUT2D eigenvalue weighted by molar-refractivity contribution is 6.28. The Kier molecular flexibility index (Phi) is 9.13. The fraction of sp³-hybridized carbons (Fsp3) is 0.864. The minimum atomic E-state index is -1.57. The summed E-state index contributed by atoms with van der Waals surface area (Å²) in [4.78, 5) is 31.4. The molecule has 27 heavy (non-hydrogen) atoms. The van der Waals surface area contributed by atoms with Crippen LogP contribution in [-0.2, 0) is 14.4 Å². The molecule has 1 aliphatic carbocycles. The third-order valence-electron chi connectivity index (χ3n) is 5.42. The van der Waals surface area contributed by atoms with Crippen LogP contribution < -0.4 is 0 Å². The topological polar surface area (TPSA) is 76.0 Å². The fourth-order valence-corrected chi connectivity index (χ4v) is 4.00. The van der Waals surface area contributed by atoms with E-state index in [-0.39, 0.29) is 17.5 Å². The Morgan fingerprint density at radius 2 is 1.67 bits per heavy atom. The van der Waals surface area contributed by atoms with Gasteiger partial charge in [-0.3, -0.25) is 9.59 Å². The number of carbonyl (C=O) groups excluding carboxylic acids is 2. The van der Waals surface area contributed by atoms with Crippen LogP contribution in [0.3, 0.4) is 0 Å². The lowest BCUT2D eigenvalue weighted by Gasteiger charge is -2.28. The van der Waals surface area contributed by atoms with Crippen LogP contribution >= 0.6 is 0 Å². The second kappa shape index (κ2) is 10.4. The van der Waals surface area contributed by atoms with E-state index in [1.807, 2.05) is 13.8 Å². The van der Waals surface area contributed by atoms with Gasteiger partial charge in [0.15, 0.2) is 11.6 Å². The molecule has 3 unspecified atom stereocenters. The first-order valence-corrected chi connectivity index (χ1v) is 10.4. The SMILES string of the molecule is CON=C(CC(C)C)C1C(=O)C(CCC(C)C)C(O)(CCCC(C)C)C1=O. The maximum Gasteiger partial charge on any atom is 0.181 e. The van der Waals surface area contributed by atoms with Crippen LogP contribution in [0.1, 0.15) is 80.1 Å². The maximum atomic E-state index is 13.3. The van der Waals surface area contributed by atoms with E-state index in [1.165, 1.54) is 7.11 Å². The van der Waals surface area contributed by atoms with Crippen molar-refractivity contribution in [2.75, 3.05) is 7.11 Å². The van der Waals surface area contributed by atoms with Gasteiger partial charge in [0, 0.05) is 0 Å². The van der Waals surface area contributed by atoms with Crippen molar-refractivity contribution in [1.82, 2.24) is 0 Å². The molecule has 1 fully saturated rings. The summed E-state index contributed by atoms with van der Waals surface area (Å²) in [6, 6.07) is 0. The first-order valence-electron chi connectivity index (χ1n) is 10.4. The third-order valence-corrected chi connectivity index (χ3v) is 5.42. The van der Waals surface area contributed by atoms with E-state index in [9.17, 15) is 14.7 Å². The molecule has 1 N–H and O–H groups in total. The maximum absolute atomic E-state index is 13.3. The molecule has 0 amide bonds. The third kappa shape index (κ3) is 6.13. The quantitative estimate of drug-likeness (QED) is 0.327. The van der Waals surface area contributed by atoms with Gasteiger partial charge in [0.1, 0.15) is 18.6 Å². The van der Waals surface area contributed by atoms with Crippen LogP contribution in [0, 0.1) is 29.6 Å². The van der Waals surface area contributed by atoms with E-state index < -0.39 is 17.4 Å². The number of carbonyl (C=O) groups is 2. The first kappa shape index (κ1) is 23.8. The van der Waals surface area contributed by atoms with Crippen LogP contribution in [0.4, 0.5) is 0 Å². The minimum Gasteiger partial charge on any atom is -0.399 e. The van der Waals surface area contributed by atoms with Crippen LogP contribution in [0.15, 0.2) is 5.16 Å². The van der Waals surface area contributed by atoms with E-state index in [2.05, 4.69) is 32.9 Å². The number of hydrogen-bond acceptors (Lipinski definition) is 5. The average Bonchev–Trinajstić information content (AvgIpc) is 2.71. The Balaban J connectivity index is 3.18. The molecule has 0 spiro atoms. The lowest BCUT2D eigenvalue weighted by Crippen LogP contribution is -2.42. The highest BCUT2D eigenvalue weighted by Crippen LogP contribution is 2.42. The van der Waals surface area contributed by atoms with Crippen molar-refractivity contribution in [2.45, 2.75) is 85.7 Å². The van der Waals surface area contributed by atoms with Gasteiger partial charge < -0.3 is 9.94 Å². The van der Waals surface area contributed by atoms with Gasteiger partial charge >= 0.3 is 0 Å². The number of rotatable bonds is 11. The smallest absolute Gasteiger partial charge is 0.181 e. The second-order valence-corrected chi connectivity index (χ2v) is 9.30. The number of Topliss-reactive ketones (excluding diaryl/α,β-unsaturated/α-hetero) is 2. The van der Waals surface area contributed by atoms with Crippen LogP contribution in [0.25, 0.3) is 0 Å². The molecule has 0 radical (unpaired) electrons. The van der Waals surface area contributed by atoms with Gasteiger partial charge in [-0.05, 0) is 43.4 Å². The van der Waals surface area contributed by atoms with Gasteiger partial charge in [-0.15, -0.1) is 0 Å². The monoisotopic (exact) mass is 381 g/mol. The van der Waals surface area contributed by atoms with Gasteiger partial charge in [-0.25, -0.2) is 0 Å². The summed E-state index contributed by atoms with van der Waals surface area (Å²) >= 11 is 0. The van der Waals surface area contributed by atoms with Gasteiger partial charge in [-0.1, -0.05) is 59.5 Å². The van der Waals surface area contributed by atoms with Crippen molar-refractivity contribution in [3.05, 3.63) is 0 Å². The van der Waals surface area contributed by atoms with E-state index >= 15 is 0 Å². The Morgan fingerprint density at radius 1 is 1.07 bits per heavy atom. The van der Waals surface area contributed by atoms with Gasteiger partial charge in [0.05, 0.1) is 11.6 Å². The van der Waals surface area contributed by atoms with E-state index in [4.69, 9.17) is 4.84 Å². The van der Waals surface area contributed by atoms with Crippen LogP contribution in [-0.4, -0.2) is 35.1 Å². The van der Waals surface area contributed by atoms with Crippen molar-refractivity contribution < 1.29 is 19.5 Å². The highest BCUT2D eigenvalue weighted by atomic mass is 16.6. The summed E-state index contributed by atoms with van der Waals surface area (Å²) in [6.45, 7) is 12.5. The molecule has 0 aliphatic heterocycles. The lowest BCUT2D eigenvalue weighted by atomic mass is 9.80. The number of nitrogens with zero attached hydrogens (tertiary/aromatic N) is 1. The van der Waals surface area contributed by atoms with Gasteiger partial charge in [-0.2, -0.15) is 0 Å². The number of aliphatic hydroxyl groups is 1. The molecule has 0 aromatic carbocycles. The van der Waals surface area contributed by atoms with Crippen LogP contribution in [0.2, 0.25) is 0 Å². The molecule has 5 heteroatoms. The van der Waals surface area contributed by atoms with Crippen molar-refractivity contribution in [3.8, 4) is 0 Å². The molecule has 5 nitrogen and oxygen atoms in total. The van der Waals surface area contributed by atoms with Crippen molar-refractivity contribution in [1.29, 1.82) is 0 Å². The molecule has 3 atom stereocenters. The summed E-state index contributed by atoms with van der Waals surface area (Å²) in [5.74, 6) is -1.01. The molecule has 0 saturated heterocycles. The van der Waals surface area contributed by atoms with E-state index in [0.717, 1.165) is 19.3 Å². The minimum absolute atomic E-state index is 0.177. The fourth-order valence-electron chi connectivity index (χ4n) is 4.00. The Morgan fingerprint density at radius 3 is 2.15 bits per heavy atom. The molecule has 0 heterocycles. The molecule has 156 valence electrons. The van der Waals surface area contributed by atoms with Crippen molar-refractivity contribution in [2.24, 2.45) is 34.7 Å². The molecule has 0 aromatic heterocycles. The predicted molar refractivity (Wildman–Crippen MR) is 109 cm³/mol. The Bertz CT molecular complexity index is 538. The number of ketones is 2. The zero-order valence-corrected chi connectivity index (χ0v) is 18.2. The number of hydrogen-bond donors (Lipinski definition) is 1.